The van der Waals surface area contributed by atoms with Crippen molar-refractivity contribution < 1.29 is 9.90 Å². The van der Waals surface area contributed by atoms with Gasteiger partial charge in [0, 0.05) is 24.7 Å². The van der Waals surface area contributed by atoms with E-state index in [0.717, 1.165) is 42.8 Å². The molecule has 1 aliphatic carbocycles. The lowest BCUT2D eigenvalue weighted by molar-refractivity contribution is -0.118. The Balaban J connectivity index is 1.39. The monoisotopic (exact) mass is 347 g/mol. The third kappa shape index (κ3) is 4.74. The van der Waals surface area contributed by atoms with E-state index in [2.05, 4.69) is 29.5 Å². The first kappa shape index (κ1) is 17.3. The summed E-state index contributed by atoms with van der Waals surface area (Å²) in [7, 11) is 0. The number of imidazole rings is 1. The summed E-state index contributed by atoms with van der Waals surface area (Å²) in [5.41, 5.74) is 3.14. The highest BCUT2D eigenvalue weighted by Gasteiger charge is 2.20. The molecule has 1 fully saturated rings. The summed E-state index contributed by atoms with van der Waals surface area (Å²) in [5.74, 6) is 1.67. The van der Waals surface area contributed by atoms with Crippen molar-refractivity contribution in [3.8, 4) is 0 Å². The lowest BCUT2D eigenvalue weighted by Crippen LogP contribution is -2.33. The average Bonchev–Trinajstić information content (AvgIpc) is 2.95. The predicted octanol–water partition coefficient (Wildman–Crippen LogP) is 2.54. The van der Waals surface area contributed by atoms with Crippen molar-refractivity contribution in [3.05, 3.63) is 35.8 Å². The van der Waals surface area contributed by atoms with Crippen molar-refractivity contribution in [1.29, 1.82) is 0 Å². The Morgan fingerprint density at radius 2 is 2.29 bits per heavy atom. The van der Waals surface area contributed by atoms with Gasteiger partial charge in [0.25, 0.3) is 0 Å². The topological polar surface area (TPSA) is 66.6 Å². The van der Waals surface area contributed by atoms with E-state index in [-0.39, 0.29) is 12.0 Å². The highest BCUT2D eigenvalue weighted by molar-refractivity contribution is 7.99. The lowest BCUT2D eigenvalue weighted by Gasteiger charge is -2.25. The molecule has 0 saturated heterocycles. The molecule has 130 valence electrons. The fourth-order valence-electron chi connectivity index (χ4n) is 3.23. The second kappa shape index (κ2) is 8.03. The third-order valence-electron chi connectivity index (χ3n) is 4.47. The summed E-state index contributed by atoms with van der Waals surface area (Å²) in [6.07, 6.45) is 7.77. The quantitative estimate of drug-likeness (QED) is 0.843. The zero-order chi connectivity index (χ0) is 16.9. The molecule has 1 saturated carbocycles. The first-order valence-corrected chi connectivity index (χ1v) is 9.72. The van der Waals surface area contributed by atoms with Crippen LogP contribution in [0.5, 0.6) is 0 Å². The number of fused-ring (bicyclic) bond motifs is 1. The number of aromatic nitrogens is 2. The molecular weight excluding hydrogens is 322 g/mol. The Bertz CT molecular complexity index is 701. The molecule has 0 aliphatic heterocycles. The molecule has 0 bridgehead atoms. The van der Waals surface area contributed by atoms with Crippen molar-refractivity contribution in [3.63, 3.8) is 0 Å². The number of carbonyl (C=O) groups excluding carboxylic acids is 1. The number of aliphatic hydroxyl groups is 1. The number of hydrogen-bond donors (Lipinski definition) is 2. The average molecular weight is 347 g/mol. The molecule has 6 heteroatoms. The smallest absolute Gasteiger partial charge is 0.230 e. The largest absolute Gasteiger partial charge is 0.393 e. The molecule has 3 rings (SSSR count). The van der Waals surface area contributed by atoms with Gasteiger partial charge in [0.05, 0.1) is 17.6 Å². The second-order valence-electron chi connectivity index (χ2n) is 6.69. The number of thioether (sulfide) groups is 1. The minimum absolute atomic E-state index is 0.0691. The van der Waals surface area contributed by atoms with Gasteiger partial charge in [-0.1, -0.05) is 12.5 Å². The maximum absolute atomic E-state index is 12.0. The van der Waals surface area contributed by atoms with E-state index in [1.807, 2.05) is 16.7 Å². The fourth-order valence-corrected chi connectivity index (χ4v) is 3.97. The molecule has 2 aromatic heterocycles. The molecule has 0 spiro atoms. The van der Waals surface area contributed by atoms with Crippen molar-refractivity contribution in [2.75, 3.05) is 12.3 Å². The van der Waals surface area contributed by atoms with Crippen LogP contribution in [0.4, 0.5) is 0 Å². The van der Waals surface area contributed by atoms with Crippen LogP contribution < -0.4 is 5.32 Å². The summed E-state index contributed by atoms with van der Waals surface area (Å²) in [4.78, 5) is 16.5. The number of hydrogen-bond acceptors (Lipinski definition) is 4. The molecular formula is C18H25N3O2S. The van der Waals surface area contributed by atoms with Crippen LogP contribution in [0.1, 0.15) is 36.9 Å². The van der Waals surface area contributed by atoms with Crippen LogP contribution in [-0.2, 0) is 10.5 Å². The van der Waals surface area contributed by atoms with Gasteiger partial charge in [0.15, 0.2) is 0 Å². The zero-order valence-electron chi connectivity index (χ0n) is 14.1. The molecule has 2 atom stereocenters. The van der Waals surface area contributed by atoms with Gasteiger partial charge in [0.2, 0.25) is 5.91 Å². The summed E-state index contributed by atoms with van der Waals surface area (Å²) >= 11 is 1.58. The summed E-state index contributed by atoms with van der Waals surface area (Å²) in [6.45, 7) is 2.74. The van der Waals surface area contributed by atoms with Gasteiger partial charge in [-0.25, -0.2) is 4.98 Å². The van der Waals surface area contributed by atoms with Gasteiger partial charge in [-0.05, 0) is 43.7 Å². The van der Waals surface area contributed by atoms with Gasteiger partial charge in [0.1, 0.15) is 5.65 Å². The Morgan fingerprint density at radius 3 is 3.12 bits per heavy atom. The van der Waals surface area contributed by atoms with E-state index in [0.29, 0.717) is 18.2 Å². The van der Waals surface area contributed by atoms with Gasteiger partial charge in [-0.15, -0.1) is 11.8 Å². The lowest BCUT2D eigenvalue weighted by atomic mass is 9.87. The molecule has 1 amide bonds. The Kier molecular flexibility index (Phi) is 5.79. The molecule has 5 nitrogen and oxygen atoms in total. The van der Waals surface area contributed by atoms with Gasteiger partial charge in [-0.3, -0.25) is 4.79 Å². The number of aryl methyl sites for hydroxylation is 1. The third-order valence-corrected chi connectivity index (χ3v) is 5.44. The molecule has 0 aromatic carbocycles. The van der Waals surface area contributed by atoms with Crippen LogP contribution in [-0.4, -0.2) is 38.8 Å². The highest BCUT2D eigenvalue weighted by Crippen LogP contribution is 2.23. The molecule has 0 radical (unpaired) electrons. The first-order chi connectivity index (χ1) is 11.6. The van der Waals surface area contributed by atoms with E-state index in [4.69, 9.17) is 0 Å². The molecule has 2 aromatic rings. The van der Waals surface area contributed by atoms with E-state index in [9.17, 15) is 9.90 Å². The zero-order valence-corrected chi connectivity index (χ0v) is 14.9. The summed E-state index contributed by atoms with van der Waals surface area (Å²) in [6, 6.07) is 4.06. The first-order valence-electron chi connectivity index (χ1n) is 8.57. The van der Waals surface area contributed by atoms with Crippen molar-refractivity contribution in [2.45, 2.75) is 44.5 Å². The van der Waals surface area contributed by atoms with Crippen molar-refractivity contribution in [1.82, 2.24) is 14.7 Å². The van der Waals surface area contributed by atoms with E-state index in [1.165, 1.54) is 5.56 Å². The van der Waals surface area contributed by atoms with Crippen molar-refractivity contribution in [2.24, 2.45) is 5.92 Å². The van der Waals surface area contributed by atoms with E-state index in [1.54, 1.807) is 11.8 Å². The van der Waals surface area contributed by atoms with Crippen LogP contribution in [0, 0.1) is 12.8 Å². The Morgan fingerprint density at radius 1 is 1.42 bits per heavy atom. The summed E-state index contributed by atoms with van der Waals surface area (Å²) in [5, 5.41) is 12.7. The second-order valence-corrected chi connectivity index (χ2v) is 7.67. The number of rotatable bonds is 6. The SMILES string of the molecule is Cc1ccc2nc(CSCC(=O)NCC3CCCC(O)C3)cn2c1. The van der Waals surface area contributed by atoms with Crippen LogP contribution in [0.3, 0.4) is 0 Å². The van der Waals surface area contributed by atoms with Gasteiger partial charge < -0.3 is 14.8 Å². The minimum Gasteiger partial charge on any atom is -0.393 e. The fraction of sp³-hybridized carbons (Fsp3) is 0.556. The van der Waals surface area contributed by atoms with E-state index < -0.39 is 0 Å². The number of aliphatic hydroxyl groups excluding tert-OH is 1. The van der Waals surface area contributed by atoms with Crippen LogP contribution in [0.25, 0.3) is 5.65 Å². The van der Waals surface area contributed by atoms with Crippen LogP contribution in [0.15, 0.2) is 24.5 Å². The van der Waals surface area contributed by atoms with E-state index >= 15 is 0 Å². The van der Waals surface area contributed by atoms with Crippen molar-refractivity contribution >= 4 is 23.3 Å². The number of nitrogens with one attached hydrogen (secondary N) is 1. The predicted molar refractivity (Wildman–Crippen MR) is 97.1 cm³/mol. The minimum atomic E-state index is -0.186. The molecule has 24 heavy (non-hydrogen) atoms. The Hall–Kier alpha value is -1.53. The van der Waals surface area contributed by atoms with Gasteiger partial charge in [-0.2, -0.15) is 0 Å². The maximum Gasteiger partial charge on any atom is 0.230 e. The molecule has 1 aliphatic rings. The highest BCUT2D eigenvalue weighted by atomic mass is 32.2. The number of pyridine rings is 1. The standard InChI is InChI=1S/C18H25N3O2S/c1-13-5-6-17-20-15(10-21(17)9-13)11-24-12-18(23)19-8-14-3-2-4-16(22)7-14/h5-6,9-10,14,16,22H,2-4,7-8,11-12H2,1H3,(H,19,23). The number of amides is 1. The van der Waals surface area contributed by atoms with Gasteiger partial charge >= 0.3 is 0 Å². The normalized spacial score (nSPS) is 21.1. The van der Waals surface area contributed by atoms with Crippen LogP contribution >= 0.6 is 11.8 Å². The molecule has 2 heterocycles. The molecule has 2 N–H and O–H groups in total. The Labute approximate surface area is 146 Å². The maximum atomic E-state index is 12.0. The van der Waals surface area contributed by atoms with Crippen LogP contribution in [0.2, 0.25) is 0 Å². The number of nitrogens with zero attached hydrogens (tertiary/aromatic N) is 2. The molecule has 2 unspecified atom stereocenters. The summed E-state index contributed by atoms with van der Waals surface area (Å²) < 4.78 is 2.03. The number of carbonyl (C=O) groups is 1.